The number of aryl methyl sites for hydroxylation is 1. The smallest absolute Gasteiger partial charge is 0.458 e. The summed E-state index contributed by atoms with van der Waals surface area (Å²) in [6.45, 7) is 1.87. The van der Waals surface area contributed by atoms with E-state index in [1.54, 1.807) is 12.1 Å². The summed E-state index contributed by atoms with van der Waals surface area (Å²) < 4.78 is 24.8. The first-order valence-corrected chi connectivity index (χ1v) is 4.99. The van der Waals surface area contributed by atoms with Crippen molar-refractivity contribution in [3.05, 3.63) is 34.1 Å². The molecule has 0 bridgehead atoms. The molecule has 90 valence electrons. The third-order valence-corrected chi connectivity index (χ3v) is 3.00. The molecule has 0 heterocycles. The summed E-state index contributed by atoms with van der Waals surface area (Å²) in [5.74, 6) is 0. The van der Waals surface area contributed by atoms with E-state index < -0.39 is 10.0 Å². The van der Waals surface area contributed by atoms with E-state index in [9.17, 15) is 8.42 Å². The van der Waals surface area contributed by atoms with Crippen LogP contribution in [0, 0.1) is 6.92 Å². The Balaban J connectivity index is -0.0000000960. The molecule has 0 aliphatic heterocycles. The van der Waals surface area contributed by atoms with Crippen molar-refractivity contribution in [2.75, 3.05) is 0 Å². The first-order valence-electron chi connectivity index (χ1n) is 3.21. The molecule has 0 aliphatic carbocycles. The third kappa shape index (κ3) is 9.83. The third-order valence-electron chi connectivity index (χ3n) is 1.41. The number of rotatable bonds is 2. The van der Waals surface area contributed by atoms with Gasteiger partial charge in [-0.25, -0.2) is 8.42 Å². The SMILES string of the molecule is Cc1ccc(S(=O)(=O)[N-]Cl)cc1.O.O.O.[Na+].[Na+]. The van der Waals surface area contributed by atoms with Crippen molar-refractivity contribution >= 4 is 21.8 Å². The topological polar surface area (TPSA) is 143 Å². The molecule has 6 nitrogen and oxygen atoms in total. The van der Waals surface area contributed by atoms with E-state index in [4.69, 9.17) is 11.8 Å². The van der Waals surface area contributed by atoms with Gasteiger partial charge >= 0.3 is 59.1 Å². The fraction of sp³-hybridized carbons (Fsp3) is 0.143. The molecule has 10 heteroatoms. The molecular formula is C7H13ClNNa2O5S+. The van der Waals surface area contributed by atoms with Gasteiger partial charge in [0, 0.05) is 4.90 Å². The fourth-order valence-electron chi connectivity index (χ4n) is 0.750. The average molecular weight is 305 g/mol. The van der Waals surface area contributed by atoms with Gasteiger partial charge < -0.3 is 20.7 Å². The van der Waals surface area contributed by atoms with Gasteiger partial charge in [-0.2, -0.15) is 0 Å². The van der Waals surface area contributed by atoms with Crippen LogP contribution in [0.25, 0.3) is 4.24 Å². The molecule has 0 fully saturated rings. The Morgan fingerprint density at radius 2 is 1.35 bits per heavy atom. The Morgan fingerprint density at radius 1 is 1.00 bits per heavy atom. The second kappa shape index (κ2) is 13.7. The van der Waals surface area contributed by atoms with Crippen LogP contribution < -0.4 is 59.1 Å². The minimum atomic E-state index is -3.62. The summed E-state index contributed by atoms with van der Waals surface area (Å²) in [4.78, 5) is 0.114. The van der Waals surface area contributed by atoms with E-state index >= 15 is 0 Å². The van der Waals surface area contributed by atoms with Gasteiger partial charge in [0.15, 0.2) is 0 Å². The van der Waals surface area contributed by atoms with Crippen LogP contribution >= 0.6 is 11.8 Å². The van der Waals surface area contributed by atoms with E-state index in [1.165, 1.54) is 12.1 Å². The van der Waals surface area contributed by atoms with Gasteiger partial charge in [-0.1, -0.05) is 17.7 Å². The molecule has 0 aliphatic rings. The van der Waals surface area contributed by atoms with Crippen molar-refractivity contribution in [3.8, 4) is 0 Å². The van der Waals surface area contributed by atoms with E-state index in [2.05, 4.69) is 4.24 Å². The second-order valence-corrected chi connectivity index (χ2v) is 4.33. The van der Waals surface area contributed by atoms with Gasteiger partial charge in [0.1, 0.15) is 10.0 Å². The molecule has 1 aromatic rings. The monoisotopic (exact) mass is 304 g/mol. The molecule has 0 unspecified atom stereocenters. The summed E-state index contributed by atoms with van der Waals surface area (Å²) in [7, 11) is -3.62. The van der Waals surface area contributed by atoms with Gasteiger partial charge in [-0.05, 0) is 19.1 Å². The number of hydrogen-bond acceptors (Lipinski definition) is 2. The number of benzene rings is 1. The van der Waals surface area contributed by atoms with Crippen molar-refractivity contribution < 1.29 is 84.0 Å². The Bertz CT molecular complexity index is 372. The zero-order valence-electron chi connectivity index (χ0n) is 9.86. The normalized spacial score (nSPS) is 8.12. The number of sulfonamides is 1. The Labute approximate surface area is 150 Å². The van der Waals surface area contributed by atoms with Crippen LogP contribution in [0.1, 0.15) is 5.56 Å². The van der Waals surface area contributed by atoms with Gasteiger partial charge in [-0.15, -0.1) is 0 Å². The van der Waals surface area contributed by atoms with Gasteiger partial charge in [-0.3, -0.25) is 11.8 Å². The number of halogens is 1. The van der Waals surface area contributed by atoms with Crippen LogP contribution in [0.3, 0.4) is 0 Å². The Morgan fingerprint density at radius 3 is 1.65 bits per heavy atom. The maximum Gasteiger partial charge on any atom is 1.00 e. The van der Waals surface area contributed by atoms with Crippen LogP contribution in [-0.4, -0.2) is 24.8 Å². The van der Waals surface area contributed by atoms with Crippen molar-refractivity contribution in [1.29, 1.82) is 0 Å². The Kier molecular flexibility index (Phi) is 25.0. The van der Waals surface area contributed by atoms with Crippen molar-refractivity contribution in [2.24, 2.45) is 0 Å². The van der Waals surface area contributed by atoms with Gasteiger partial charge in [0.05, 0.1) is 0 Å². The zero-order chi connectivity index (χ0) is 9.19. The minimum Gasteiger partial charge on any atom is -0.458 e. The van der Waals surface area contributed by atoms with E-state index in [0.29, 0.717) is 0 Å². The van der Waals surface area contributed by atoms with Crippen LogP contribution in [0.5, 0.6) is 0 Å². The molecule has 0 spiro atoms. The summed E-state index contributed by atoms with van der Waals surface area (Å²) in [5, 5.41) is 0. The molecule has 0 saturated heterocycles. The molecule has 0 aromatic heterocycles. The quantitative estimate of drug-likeness (QED) is 0.501. The largest absolute Gasteiger partial charge is 1.00 e. The molecule has 1 rings (SSSR count). The van der Waals surface area contributed by atoms with E-state index in [-0.39, 0.29) is 80.4 Å². The molecule has 17 heavy (non-hydrogen) atoms. The van der Waals surface area contributed by atoms with Crippen LogP contribution in [0.15, 0.2) is 29.2 Å². The fourth-order valence-corrected chi connectivity index (χ4v) is 1.55. The summed E-state index contributed by atoms with van der Waals surface area (Å²) in [5.41, 5.74) is 0.989. The predicted molar refractivity (Wildman–Crippen MR) is 58.4 cm³/mol. The molecule has 0 atom stereocenters. The van der Waals surface area contributed by atoms with E-state index in [0.717, 1.165) is 5.56 Å². The van der Waals surface area contributed by atoms with Crippen molar-refractivity contribution in [1.82, 2.24) is 0 Å². The number of hydrogen-bond donors (Lipinski definition) is 0. The molecular weight excluding hydrogens is 292 g/mol. The standard InChI is InChI=1S/C7H7ClNO2S.2Na.3H2O/c1-6-2-4-7(5-3-6)12(10,11)9-8;;;;;/h2-5H,1H3;;;3*1H2/q-1;2*+1;;;. The molecule has 0 amide bonds. The minimum absolute atomic E-state index is 0. The van der Waals surface area contributed by atoms with Crippen LogP contribution in [0.2, 0.25) is 0 Å². The van der Waals surface area contributed by atoms with Crippen molar-refractivity contribution in [2.45, 2.75) is 11.8 Å². The maximum absolute atomic E-state index is 11.0. The second-order valence-electron chi connectivity index (χ2n) is 2.36. The maximum atomic E-state index is 11.0. The van der Waals surface area contributed by atoms with Gasteiger partial charge in [0.2, 0.25) is 0 Å². The summed E-state index contributed by atoms with van der Waals surface area (Å²) in [6, 6.07) is 6.32. The molecule has 1 aromatic carbocycles. The molecule has 6 N–H and O–H groups in total. The molecule has 0 saturated carbocycles. The van der Waals surface area contributed by atoms with Crippen LogP contribution in [-0.2, 0) is 10.0 Å². The van der Waals surface area contributed by atoms with Crippen molar-refractivity contribution in [3.63, 3.8) is 0 Å². The predicted octanol–water partition coefficient (Wildman–Crippen LogP) is -6.25. The average Bonchev–Trinajstić information content (AvgIpc) is 2.05. The van der Waals surface area contributed by atoms with Gasteiger partial charge in [0.25, 0.3) is 0 Å². The molecule has 0 radical (unpaired) electrons. The first kappa shape index (κ1) is 31.0. The summed E-state index contributed by atoms with van der Waals surface area (Å²) in [6.07, 6.45) is 0. The van der Waals surface area contributed by atoms with Crippen LogP contribution in [0.4, 0.5) is 0 Å². The summed E-state index contributed by atoms with van der Waals surface area (Å²) >= 11 is 4.90. The Hall–Kier alpha value is 1.30. The zero-order valence-corrected chi connectivity index (χ0v) is 15.4. The first-order chi connectivity index (χ1) is 5.56. The van der Waals surface area contributed by atoms with E-state index in [1.807, 2.05) is 6.92 Å². The number of nitrogens with zero attached hydrogens (tertiary/aromatic N) is 1.